The molecule has 8 heteroatoms. The second-order valence-corrected chi connectivity index (χ2v) is 9.29. The van der Waals surface area contributed by atoms with Crippen molar-refractivity contribution in [3.05, 3.63) is 88.8 Å². The maximum atomic E-state index is 13.0. The lowest BCUT2D eigenvalue weighted by Gasteiger charge is -2.37. The summed E-state index contributed by atoms with van der Waals surface area (Å²) in [5, 5.41) is 3.61. The third kappa shape index (κ3) is 4.97. The molecule has 1 aliphatic heterocycles. The first-order valence-corrected chi connectivity index (χ1v) is 12.6. The van der Waals surface area contributed by atoms with Crippen LogP contribution in [0.25, 0.3) is 5.65 Å². The highest BCUT2D eigenvalue weighted by molar-refractivity contribution is 6.30. The number of halogens is 1. The molecule has 1 saturated heterocycles. The van der Waals surface area contributed by atoms with Gasteiger partial charge in [-0.25, -0.2) is 4.98 Å². The van der Waals surface area contributed by atoms with Gasteiger partial charge in [0.05, 0.1) is 17.8 Å². The summed E-state index contributed by atoms with van der Waals surface area (Å²) >= 11 is 6.16. The largest absolute Gasteiger partial charge is 0.497 e. The molecule has 0 spiro atoms. The number of anilines is 2. The van der Waals surface area contributed by atoms with Crippen molar-refractivity contribution in [3.8, 4) is 5.75 Å². The second kappa shape index (κ2) is 10.5. The second-order valence-electron chi connectivity index (χ2n) is 8.86. The van der Waals surface area contributed by atoms with Gasteiger partial charge in [0, 0.05) is 50.3 Å². The third-order valence-corrected chi connectivity index (χ3v) is 6.90. The van der Waals surface area contributed by atoms with Crippen molar-refractivity contribution in [1.82, 2.24) is 14.7 Å². The lowest BCUT2D eigenvalue weighted by atomic mass is 10.1. The minimum Gasteiger partial charge on any atom is -0.497 e. The van der Waals surface area contributed by atoms with Gasteiger partial charge in [0.1, 0.15) is 17.1 Å². The van der Waals surface area contributed by atoms with Gasteiger partial charge in [-0.3, -0.25) is 9.20 Å². The number of benzene rings is 2. The molecule has 2 aromatic carbocycles. The highest BCUT2D eigenvalue weighted by atomic mass is 35.5. The Kier molecular flexibility index (Phi) is 7.00. The van der Waals surface area contributed by atoms with E-state index in [1.54, 1.807) is 23.8 Å². The Balaban J connectivity index is 1.18. The van der Waals surface area contributed by atoms with E-state index >= 15 is 0 Å². The Morgan fingerprint density at radius 3 is 2.14 bits per heavy atom. The number of aryl methyl sites for hydroxylation is 1. The van der Waals surface area contributed by atoms with Crippen LogP contribution < -0.4 is 19.9 Å². The molecule has 1 fully saturated rings. The summed E-state index contributed by atoms with van der Waals surface area (Å²) < 4.78 is 7.03. The minimum atomic E-state index is -0.152. The van der Waals surface area contributed by atoms with Crippen LogP contribution in [0.15, 0.2) is 66.9 Å². The number of carbonyl (C=O) groups excluding carboxylic acids is 1. The van der Waals surface area contributed by atoms with E-state index in [0.29, 0.717) is 23.7 Å². The molecule has 0 unspecified atom stereocenters. The molecule has 1 N–H and O–H groups in total. The maximum absolute atomic E-state index is 13.0. The lowest BCUT2D eigenvalue weighted by molar-refractivity contribution is 0.0944. The Bertz CT molecular complexity index is 1340. The first-order chi connectivity index (χ1) is 17.6. The fraction of sp³-hybridized carbons (Fsp3) is 0.286. The van der Waals surface area contributed by atoms with E-state index in [-0.39, 0.29) is 5.91 Å². The summed E-state index contributed by atoms with van der Waals surface area (Å²) in [4.78, 5) is 22.4. The van der Waals surface area contributed by atoms with Crippen molar-refractivity contribution < 1.29 is 9.53 Å². The average Bonchev–Trinajstić information content (AvgIpc) is 3.30. The number of fused-ring (bicyclic) bond motifs is 1. The van der Waals surface area contributed by atoms with Crippen molar-refractivity contribution in [3.63, 3.8) is 0 Å². The van der Waals surface area contributed by atoms with Crippen molar-refractivity contribution in [2.75, 3.05) is 43.1 Å². The van der Waals surface area contributed by atoms with Crippen LogP contribution >= 0.6 is 11.6 Å². The van der Waals surface area contributed by atoms with Crippen LogP contribution in [-0.4, -0.2) is 48.6 Å². The predicted octanol–water partition coefficient (Wildman–Crippen LogP) is 4.82. The van der Waals surface area contributed by atoms with Gasteiger partial charge < -0.3 is 19.9 Å². The van der Waals surface area contributed by atoms with E-state index in [1.807, 2.05) is 25.1 Å². The summed E-state index contributed by atoms with van der Waals surface area (Å²) in [6.45, 7) is 6.29. The molecule has 4 aromatic rings. The molecule has 5 rings (SSSR count). The quantitative estimate of drug-likeness (QED) is 0.392. The molecule has 2 aromatic heterocycles. The normalized spacial score (nSPS) is 13.8. The summed E-state index contributed by atoms with van der Waals surface area (Å²) in [5.41, 5.74) is 5.50. The summed E-state index contributed by atoms with van der Waals surface area (Å²) in [7, 11) is 1.69. The number of nitrogens with one attached hydrogen (secondary N) is 1. The topological polar surface area (TPSA) is 62.1 Å². The molecule has 3 heterocycles. The van der Waals surface area contributed by atoms with Crippen molar-refractivity contribution in [1.29, 1.82) is 0 Å². The Labute approximate surface area is 216 Å². The fourth-order valence-corrected chi connectivity index (χ4v) is 4.82. The Morgan fingerprint density at radius 2 is 1.56 bits per heavy atom. The van der Waals surface area contributed by atoms with Crippen LogP contribution in [0.1, 0.15) is 28.7 Å². The van der Waals surface area contributed by atoms with E-state index in [2.05, 4.69) is 56.5 Å². The predicted molar refractivity (Wildman–Crippen MR) is 145 cm³/mol. The number of hydrogen-bond donors (Lipinski definition) is 1. The van der Waals surface area contributed by atoms with Crippen molar-refractivity contribution in [2.24, 2.45) is 0 Å². The number of rotatable bonds is 7. The number of methoxy groups -OCH3 is 1. The Hall–Kier alpha value is -3.71. The monoisotopic (exact) mass is 503 g/mol. The standard InChI is InChI=1S/C28H30ClN5O2/c1-3-25-27(34-19-21(29)6-13-26(34)31-25)28(35)30-18-20-4-7-22(8-5-20)32-14-16-33(17-15-32)23-9-11-24(36-2)12-10-23/h4-13,19H,3,14-18H2,1-2H3,(H,30,35). The van der Waals surface area contributed by atoms with E-state index in [4.69, 9.17) is 16.3 Å². The number of carbonyl (C=O) groups is 1. The molecular weight excluding hydrogens is 474 g/mol. The van der Waals surface area contributed by atoms with Gasteiger partial charge in [-0.2, -0.15) is 0 Å². The molecule has 36 heavy (non-hydrogen) atoms. The number of hydrogen-bond acceptors (Lipinski definition) is 5. The smallest absolute Gasteiger partial charge is 0.270 e. The van der Waals surface area contributed by atoms with Crippen LogP contribution in [0.2, 0.25) is 5.02 Å². The van der Waals surface area contributed by atoms with Gasteiger partial charge in [-0.1, -0.05) is 30.7 Å². The zero-order valence-corrected chi connectivity index (χ0v) is 21.3. The number of ether oxygens (including phenoxy) is 1. The first-order valence-electron chi connectivity index (χ1n) is 12.2. The fourth-order valence-electron chi connectivity index (χ4n) is 4.66. The molecule has 0 bridgehead atoms. The molecule has 1 amide bonds. The molecule has 0 saturated carbocycles. The molecule has 7 nitrogen and oxygen atoms in total. The highest BCUT2D eigenvalue weighted by Crippen LogP contribution is 2.23. The highest BCUT2D eigenvalue weighted by Gasteiger charge is 2.19. The zero-order valence-electron chi connectivity index (χ0n) is 20.6. The van der Waals surface area contributed by atoms with Gasteiger partial charge in [0.2, 0.25) is 0 Å². The van der Waals surface area contributed by atoms with Crippen LogP contribution in [0.5, 0.6) is 5.75 Å². The number of piperazine rings is 1. The molecule has 0 radical (unpaired) electrons. The van der Waals surface area contributed by atoms with Crippen molar-refractivity contribution >= 4 is 34.5 Å². The summed E-state index contributed by atoms with van der Waals surface area (Å²) in [6, 6.07) is 20.3. The van der Waals surface area contributed by atoms with Crippen LogP contribution in [0.4, 0.5) is 11.4 Å². The third-order valence-electron chi connectivity index (χ3n) is 6.68. The number of nitrogens with zero attached hydrogens (tertiary/aromatic N) is 4. The van der Waals surface area contributed by atoms with E-state index < -0.39 is 0 Å². The van der Waals surface area contributed by atoms with E-state index in [9.17, 15) is 4.79 Å². The van der Waals surface area contributed by atoms with Crippen LogP contribution in [0, 0.1) is 0 Å². The molecule has 0 aliphatic carbocycles. The molecule has 1 aliphatic rings. The van der Waals surface area contributed by atoms with Gasteiger partial charge in [-0.15, -0.1) is 0 Å². The number of amides is 1. The first kappa shape index (κ1) is 24.0. The minimum absolute atomic E-state index is 0.152. The lowest BCUT2D eigenvalue weighted by Crippen LogP contribution is -2.46. The Morgan fingerprint density at radius 1 is 0.944 bits per heavy atom. The van der Waals surface area contributed by atoms with Crippen molar-refractivity contribution in [2.45, 2.75) is 19.9 Å². The van der Waals surface area contributed by atoms with E-state index in [1.165, 1.54) is 11.4 Å². The SMILES string of the molecule is CCc1nc2ccc(Cl)cn2c1C(=O)NCc1ccc(N2CCN(c3ccc(OC)cc3)CC2)cc1. The van der Waals surface area contributed by atoms with Gasteiger partial charge >= 0.3 is 0 Å². The molecule has 0 atom stereocenters. The van der Waals surface area contributed by atoms with Gasteiger partial charge in [-0.05, 0) is 60.5 Å². The maximum Gasteiger partial charge on any atom is 0.270 e. The summed E-state index contributed by atoms with van der Waals surface area (Å²) in [5.74, 6) is 0.725. The van der Waals surface area contributed by atoms with E-state index in [0.717, 1.165) is 48.8 Å². The van der Waals surface area contributed by atoms with Crippen LogP contribution in [-0.2, 0) is 13.0 Å². The number of pyridine rings is 1. The zero-order chi connectivity index (χ0) is 25.1. The number of imidazole rings is 1. The molecular formula is C28H30ClN5O2. The average molecular weight is 504 g/mol. The van der Waals surface area contributed by atoms with Gasteiger partial charge in [0.15, 0.2) is 0 Å². The number of aromatic nitrogens is 2. The van der Waals surface area contributed by atoms with Crippen LogP contribution in [0.3, 0.4) is 0 Å². The molecule has 186 valence electrons. The summed E-state index contributed by atoms with van der Waals surface area (Å²) in [6.07, 6.45) is 2.41. The van der Waals surface area contributed by atoms with Gasteiger partial charge in [0.25, 0.3) is 5.91 Å².